The second-order valence-electron chi connectivity index (χ2n) is 3.85. The standard InChI is InChI=1S/C14H12O5/c15-11-7-6-10(13(17)14(11)18)12(16)8-19-9-4-2-1-3-5-9/h1-7,15,17-18H,8H2. The van der Waals surface area contributed by atoms with E-state index in [9.17, 15) is 15.0 Å². The summed E-state index contributed by atoms with van der Waals surface area (Å²) in [6.07, 6.45) is 0. The van der Waals surface area contributed by atoms with Gasteiger partial charge in [0, 0.05) is 0 Å². The van der Waals surface area contributed by atoms with Crippen LogP contribution in [0, 0.1) is 0 Å². The maximum atomic E-state index is 11.8. The first-order valence-corrected chi connectivity index (χ1v) is 5.54. The van der Waals surface area contributed by atoms with Crippen LogP contribution >= 0.6 is 0 Å². The topological polar surface area (TPSA) is 87.0 Å². The summed E-state index contributed by atoms with van der Waals surface area (Å²) < 4.78 is 5.24. The van der Waals surface area contributed by atoms with Crippen LogP contribution < -0.4 is 4.74 Å². The number of ether oxygens (including phenoxy) is 1. The smallest absolute Gasteiger partial charge is 0.204 e. The first-order chi connectivity index (χ1) is 9.09. The average molecular weight is 260 g/mol. The van der Waals surface area contributed by atoms with Gasteiger partial charge >= 0.3 is 0 Å². The molecule has 5 heteroatoms. The predicted octanol–water partition coefficient (Wildman–Crippen LogP) is 2.07. The van der Waals surface area contributed by atoms with E-state index >= 15 is 0 Å². The van der Waals surface area contributed by atoms with Crippen LogP contribution in [0.1, 0.15) is 10.4 Å². The van der Waals surface area contributed by atoms with Crippen molar-refractivity contribution >= 4 is 5.78 Å². The molecule has 0 saturated heterocycles. The van der Waals surface area contributed by atoms with Gasteiger partial charge in [-0.15, -0.1) is 0 Å². The van der Waals surface area contributed by atoms with E-state index in [0.717, 1.165) is 6.07 Å². The number of benzene rings is 2. The van der Waals surface area contributed by atoms with Crippen LogP contribution in [0.4, 0.5) is 0 Å². The minimum Gasteiger partial charge on any atom is -0.504 e. The van der Waals surface area contributed by atoms with E-state index in [1.165, 1.54) is 6.07 Å². The molecule has 0 aliphatic rings. The molecule has 0 aliphatic heterocycles. The Hall–Kier alpha value is -2.69. The van der Waals surface area contributed by atoms with E-state index in [-0.39, 0.29) is 12.2 Å². The van der Waals surface area contributed by atoms with Gasteiger partial charge in [0.25, 0.3) is 0 Å². The van der Waals surface area contributed by atoms with E-state index in [2.05, 4.69) is 0 Å². The molecule has 0 heterocycles. The Bertz CT molecular complexity index is 592. The van der Waals surface area contributed by atoms with Crippen LogP contribution in [0.15, 0.2) is 42.5 Å². The van der Waals surface area contributed by atoms with Gasteiger partial charge in [0.15, 0.2) is 18.1 Å². The van der Waals surface area contributed by atoms with Gasteiger partial charge in [0.05, 0.1) is 5.56 Å². The summed E-state index contributed by atoms with van der Waals surface area (Å²) in [4.78, 5) is 11.8. The summed E-state index contributed by atoms with van der Waals surface area (Å²) in [5.41, 5.74) is -0.105. The van der Waals surface area contributed by atoms with Gasteiger partial charge in [-0.2, -0.15) is 0 Å². The van der Waals surface area contributed by atoms with E-state index < -0.39 is 23.0 Å². The Labute approximate surface area is 109 Å². The Balaban J connectivity index is 2.11. The summed E-state index contributed by atoms with van der Waals surface area (Å²) in [5.74, 6) is -1.83. The third-order valence-corrected chi connectivity index (χ3v) is 2.54. The van der Waals surface area contributed by atoms with Gasteiger partial charge in [0.2, 0.25) is 11.5 Å². The number of phenols is 3. The monoisotopic (exact) mass is 260 g/mol. The maximum Gasteiger partial charge on any atom is 0.204 e. The van der Waals surface area contributed by atoms with E-state index in [4.69, 9.17) is 9.84 Å². The highest BCUT2D eigenvalue weighted by atomic mass is 16.5. The van der Waals surface area contributed by atoms with Crippen LogP contribution in [0.2, 0.25) is 0 Å². The summed E-state index contributed by atoms with van der Waals surface area (Å²) in [6, 6.07) is 11.1. The highest BCUT2D eigenvalue weighted by Crippen LogP contribution is 2.37. The fourth-order valence-electron chi connectivity index (χ4n) is 1.54. The lowest BCUT2D eigenvalue weighted by Gasteiger charge is -2.08. The number of phenolic OH excluding ortho intramolecular Hbond substituents is 3. The highest BCUT2D eigenvalue weighted by molar-refractivity contribution is 6.00. The zero-order valence-corrected chi connectivity index (χ0v) is 9.91. The van der Waals surface area contributed by atoms with E-state index in [0.29, 0.717) is 5.75 Å². The summed E-state index contributed by atoms with van der Waals surface area (Å²) in [7, 11) is 0. The molecule has 2 aromatic rings. The Morgan fingerprint density at radius 1 is 0.947 bits per heavy atom. The molecule has 0 unspecified atom stereocenters. The normalized spacial score (nSPS) is 10.1. The molecule has 5 nitrogen and oxygen atoms in total. The molecule has 0 bridgehead atoms. The van der Waals surface area contributed by atoms with E-state index in [1.54, 1.807) is 24.3 Å². The molecular weight excluding hydrogens is 248 g/mol. The average Bonchev–Trinajstić information content (AvgIpc) is 2.43. The largest absolute Gasteiger partial charge is 0.504 e. The van der Waals surface area contributed by atoms with Gasteiger partial charge in [-0.1, -0.05) is 18.2 Å². The van der Waals surface area contributed by atoms with Crippen molar-refractivity contribution in [1.29, 1.82) is 0 Å². The molecule has 0 fully saturated rings. The Kier molecular flexibility index (Phi) is 3.56. The first kappa shape index (κ1) is 12.8. The lowest BCUT2D eigenvalue weighted by molar-refractivity contribution is 0.0918. The van der Waals surface area contributed by atoms with Crippen molar-refractivity contribution in [2.75, 3.05) is 6.61 Å². The molecule has 2 aromatic carbocycles. The number of hydrogen-bond acceptors (Lipinski definition) is 5. The van der Waals surface area contributed by atoms with Crippen molar-refractivity contribution in [3.63, 3.8) is 0 Å². The molecule has 0 spiro atoms. The fraction of sp³-hybridized carbons (Fsp3) is 0.0714. The van der Waals surface area contributed by atoms with Crippen LogP contribution in [-0.2, 0) is 0 Å². The number of ketones is 1. The van der Waals surface area contributed by atoms with Gasteiger partial charge < -0.3 is 20.1 Å². The van der Waals surface area contributed by atoms with Crippen molar-refractivity contribution in [2.45, 2.75) is 0 Å². The molecule has 3 N–H and O–H groups in total. The molecule has 0 radical (unpaired) electrons. The van der Waals surface area contributed by atoms with Gasteiger partial charge in [-0.05, 0) is 24.3 Å². The third-order valence-electron chi connectivity index (χ3n) is 2.54. The molecule has 0 aromatic heterocycles. The number of Topliss-reactive ketones (excluding diaryl/α,β-unsaturated/α-hetero) is 1. The highest BCUT2D eigenvalue weighted by Gasteiger charge is 2.17. The minimum absolute atomic E-state index is 0.105. The number of carbonyl (C=O) groups is 1. The molecule has 19 heavy (non-hydrogen) atoms. The van der Waals surface area contributed by atoms with Crippen molar-refractivity contribution in [3.05, 3.63) is 48.0 Å². The molecule has 2 rings (SSSR count). The minimum atomic E-state index is -0.717. The number of carbonyl (C=O) groups excluding carboxylic acids is 1. The van der Waals surface area contributed by atoms with Crippen molar-refractivity contribution in [1.82, 2.24) is 0 Å². The molecule has 0 saturated carbocycles. The molecule has 0 atom stereocenters. The molecule has 0 amide bonds. The zero-order chi connectivity index (χ0) is 13.8. The molecule has 98 valence electrons. The second-order valence-corrected chi connectivity index (χ2v) is 3.85. The SMILES string of the molecule is O=C(COc1ccccc1)c1ccc(O)c(O)c1O. The van der Waals surface area contributed by atoms with E-state index in [1.807, 2.05) is 6.07 Å². The zero-order valence-electron chi connectivity index (χ0n) is 9.91. The van der Waals surface area contributed by atoms with Gasteiger partial charge in [0.1, 0.15) is 5.75 Å². The summed E-state index contributed by atoms with van der Waals surface area (Å²) in [5, 5.41) is 28.0. The Morgan fingerprint density at radius 3 is 2.32 bits per heavy atom. The molecule has 0 aliphatic carbocycles. The van der Waals surface area contributed by atoms with Crippen molar-refractivity contribution in [3.8, 4) is 23.0 Å². The number of para-hydroxylation sites is 1. The van der Waals surface area contributed by atoms with Crippen LogP contribution in [0.3, 0.4) is 0 Å². The first-order valence-electron chi connectivity index (χ1n) is 5.54. The van der Waals surface area contributed by atoms with Crippen molar-refractivity contribution < 1.29 is 24.9 Å². The van der Waals surface area contributed by atoms with Crippen LogP contribution in [-0.4, -0.2) is 27.7 Å². The number of hydrogen-bond donors (Lipinski definition) is 3. The van der Waals surface area contributed by atoms with Crippen LogP contribution in [0.5, 0.6) is 23.0 Å². The van der Waals surface area contributed by atoms with Gasteiger partial charge in [-0.25, -0.2) is 0 Å². The number of rotatable bonds is 4. The quantitative estimate of drug-likeness (QED) is 0.578. The lowest BCUT2D eigenvalue weighted by Crippen LogP contribution is -2.11. The van der Waals surface area contributed by atoms with Gasteiger partial charge in [-0.3, -0.25) is 4.79 Å². The molecular formula is C14H12O5. The summed E-state index contributed by atoms with van der Waals surface area (Å²) in [6.45, 7) is -0.276. The Morgan fingerprint density at radius 2 is 1.63 bits per heavy atom. The lowest BCUT2D eigenvalue weighted by atomic mass is 10.1. The number of aromatic hydroxyl groups is 3. The summed E-state index contributed by atoms with van der Waals surface area (Å²) >= 11 is 0. The predicted molar refractivity (Wildman–Crippen MR) is 67.7 cm³/mol. The fourth-order valence-corrected chi connectivity index (χ4v) is 1.54. The second kappa shape index (κ2) is 5.30. The third kappa shape index (κ3) is 2.77. The van der Waals surface area contributed by atoms with Crippen LogP contribution in [0.25, 0.3) is 0 Å². The van der Waals surface area contributed by atoms with Crippen molar-refractivity contribution in [2.24, 2.45) is 0 Å². The maximum absolute atomic E-state index is 11.8.